The molecule has 2 N–H and O–H groups in total. The van der Waals surface area contributed by atoms with Crippen LogP contribution in [0.2, 0.25) is 0 Å². The van der Waals surface area contributed by atoms with Crippen molar-refractivity contribution in [3.63, 3.8) is 0 Å². The fourth-order valence-corrected chi connectivity index (χ4v) is 4.78. The van der Waals surface area contributed by atoms with Gasteiger partial charge in [0.25, 0.3) is 5.91 Å². The number of ether oxygens (including phenoxy) is 1. The number of aromatic nitrogens is 2. The molecular weight excluding hydrogens is 473 g/mol. The van der Waals surface area contributed by atoms with Crippen LogP contribution in [0.3, 0.4) is 0 Å². The number of benzene rings is 2. The lowest BCUT2D eigenvalue weighted by atomic mass is 10.1. The second-order valence-corrected chi connectivity index (χ2v) is 9.56. The summed E-state index contributed by atoms with van der Waals surface area (Å²) in [6, 6.07) is 15.4. The number of hydrogen-bond donors (Lipinski definition) is 2. The van der Waals surface area contributed by atoms with Crippen molar-refractivity contribution in [1.29, 1.82) is 0 Å². The Kier molecular flexibility index (Phi) is 7.91. The summed E-state index contributed by atoms with van der Waals surface area (Å²) in [6.07, 6.45) is 5.83. The summed E-state index contributed by atoms with van der Waals surface area (Å²) < 4.78 is 20.3. The lowest BCUT2D eigenvalue weighted by molar-refractivity contribution is -0.137. The summed E-state index contributed by atoms with van der Waals surface area (Å²) in [4.78, 5) is 28.1. The highest BCUT2D eigenvalue weighted by atomic mass is 19.1. The lowest BCUT2D eigenvalue weighted by Crippen LogP contribution is -2.52. The van der Waals surface area contributed by atoms with Crippen molar-refractivity contribution in [2.75, 3.05) is 32.8 Å². The second kappa shape index (κ2) is 11.7. The molecular formula is C28H32FN5O3. The first-order chi connectivity index (χ1) is 18.1. The normalized spacial score (nSPS) is 19.9. The molecule has 194 valence electrons. The Morgan fingerprint density at radius 1 is 1.08 bits per heavy atom. The molecule has 2 amide bonds. The van der Waals surface area contributed by atoms with Crippen molar-refractivity contribution in [1.82, 2.24) is 25.3 Å². The fraction of sp³-hybridized carbons (Fsp3) is 0.393. The van der Waals surface area contributed by atoms with Gasteiger partial charge in [-0.05, 0) is 73.8 Å². The predicted molar refractivity (Wildman–Crippen MR) is 137 cm³/mol. The number of rotatable bonds is 10. The molecule has 1 aliphatic carbocycles. The van der Waals surface area contributed by atoms with E-state index in [0.717, 1.165) is 30.6 Å². The molecule has 5 rings (SSSR count). The van der Waals surface area contributed by atoms with E-state index in [1.54, 1.807) is 27.9 Å². The summed E-state index contributed by atoms with van der Waals surface area (Å²) in [7, 11) is 0. The van der Waals surface area contributed by atoms with E-state index >= 15 is 0 Å². The monoisotopic (exact) mass is 505 g/mol. The highest BCUT2D eigenvalue weighted by molar-refractivity contribution is 5.97. The molecule has 2 fully saturated rings. The minimum atomic E-state index is -0.606. The maximum atomic E-state index is 13.3. The first kappa shape index (κ1) is 25.1. The maximum absolute atomic E-state index is 13.3. The van der Waals surface area contributed by atoms with Crippen LogP contribution >= 0.6 is 0 Å². The van der Waals surface area contributed by atoms with Gasteiger partial charge in [0, 0.05) is 43.0 Å². The smallest absolute Gasteiger partial charge is 0.251 e. The highest BCUT2D eigenvalue weighted by Gasteiger charge is 2.37. The van der Waals surface area contributed by atoms with E-state index in [4.69, 9.17) is 4.74 Å². The van der Waals surface area contributed by atoms with E-state index in [1.807, 2.05) is 36.5 Å². The Bertz CT molecular complexity index is 1180. The second-order valence-electron chi connectivity index (χ2n) is 9.56. The average molecular weight is 506 g/mol. The third kappa shape index (κ3) is 6.42. The van der Waals surface area contributed by atoms with Crippen LogP contribution in [-0.2, 0) is 9.53 Å². The standard InChI is InChI=1S/C28H32FN5O3/c29-22-8-4-20(5-9-22)24-19-26(24)30-12-1-3-25(28(36)33-15-17-37-18-16-33)32-27(35)21-6-10-23(11-7-21)34-14-2-13-31-34/h2,4-11,13-14,24-26,30H,1,3,12,15-19H2,(H,32,35)/t24-,25-,26+/m0/s1. The molecule has 3 aromatic rings. The number of nitrogens with zero attached hydrogens (tertiary/aromatic N) is 3. The summed E-state index contributed by atoms with van der Waals surface area (Å²) in [5.41, 5.74) is 2.49. The quantitative estimate of drug-likeness (QED) is 0.414. The van der Waals surface area contributed by atoms with Gasteiger partial charge in [-0.1, -0.05) is 12.1 Å². The van der Waals surface area contributed by atoms with Gasteiger partial charge in [0.2, 0.25) is 5.91 Å². The maximum Gasteiger partial charge on any atom is 0.251 e. The average Bonchev–Trinajstić information content (AvgIpc) is 3.49. The van der Waals surface area contributed by atoms with Crippen LogP contribution < -0.4 is 10.6 Å². The van der Waals surface area contributed by atoms with Crippen LogP contribution in [0.4, 0.5) is 4.39 Å². The first-order valence-corrected chi connectivity index (χ1v) is 12.8. The van der Waals surface area contributed by atoms with Crippen LogP contribution in [0.5, 0.6) is 0 Å². The van der Waals surface area contributed by atoms with E-state index in [0.29, 0.717) is 50.2 Å². The number of nitrogens with one attached hydrogen (secondary N) is 2. The minimum Gasteiger partial charge on any atom is -0.378 e. The van der Waals surface area contributed by atoms with Gasteiger partial charge in [0.15, 0.2) is 0 Å². The summed E-state index contributed by atoms with van der Waals surface area (Å²) in [6.45, 7) is 2.82. The van der Waals surface area contributed by atoms with Gasteiger partial charge in [-0.25, -0.2) is 9.07 Å². The molecule has 2 heterocycles. The van der Waals surface area contributed by atoms with Crippen LogP contribution in [0, 0.1) is 5.82 Å². The summed E-state index contributed by atoms with van der Waals surface area (Å²) >= 11 is 0. The number of amides is 2. The molecule has 8 nitrogen and oxygen atoms in total. The van der Waals surface area contributed by atoms with Crippen LogP contribution in [0.25, 0.3) is 5.69 Å². The van der Waals surface area contributed by atoms with Crippen LogP contribution in [-0.4, -0.2) is 71.4 Å². The molecule has 1 saturated carbocycles. The molecule has 1 aromatic heterocycles. The molecule has 1 aliphatic heterocycles. The first-order valence-electron chi connectivity index (χ1n) is 12.8. The zero-order valence-electron chi connectivity index (χ0n) is 20.7. The third-order valence-corrected chi connectivity index (χ3v) is 6.99. The van der Waals surface area contributed by atoms with Gasteiger partial charge in [-0.2, -0.15) is 5.10 Å². The zero-order valence-corrected chi connectivity index (χ0v) is 20.7. The molecule has 2 aromatic carbocycles. The van der Waals surface area contributed by atoms with Crippen molar-refractivity contribution >= 4 is 11.8 Å². The van der Waals surface area contributed by atoms with Gasteiger partial charge < -0.3 is 20.3 Å². The molecule has 0 bridgehead atoms. The topological polar surface area (TPSA) is 88.5 Å². The Morgan fingerprint density at radius 3 is 2.54 bits per heavy atom. The number of carbonyl (C=O) groups excluding carboxylic acids is 2. The Morgan fingerprint density at radius 2 is 1.84 bits per heavy atom. The van der Waals surface area contributed by atoms with Crippen LogP contribution in [0.1, 0.15) is 41.1 Å². The van der Waals surface area contributed by atoms with Crippen molar-refractivity contribution in [2.45, 2.75) is 37.3 Å². The molecule has 2 aliphatic rings. The molecule has 1 saturated heterocycles. The SMILES string of the molecule is O=C(N[C@@H](CCCN[C@@H]1C[C@H]1c1ccc(F)cc1)C(=O)N1CCOCC1)c1ccc(-n2cccn2)cc1. The van der Waals surface area contributed by atoms with Gasteiger partial charge >= 0.3 is 0 Å². The van der Waals surface area contributed by atoms with E-state index in [1.165, 1.54) is 12.1 Å². The largest absolute Gasteiger partial charge is 0.378 e. The van der Waals surface area contributed by atoms with E-state index in [9.17, 15) is 14.0 Å². The lowest BCUT2D eigenvalue weighted by Gasteiger charge is -2.31. The number of carbonyl (C=O) groups is 2. The van der Waals surface area contributed by atoms with Crippen molar-refractivity contribution in [3.8, 4) is 5.69 Å². The molecule has 9 heteroatoms. The highest BCUT2D eigenvalue weighted by Crippen LogP contribution is 2.40. The zero-order chi connectivity index (χ0) is 25.6. The molecule has 3 atom stereocenters. The van der Waals surface area contributed by atoms with E-state index < -0.39 is 6.04 Å². The Balaban J connectivity index is 1.16. The molecule has 0 unspecified atom stereocenters. The molecule has 0 spiro atoms. The predicted octanol–water partition coefficient (Wildman–Crippen LogP) is 2.89. The van der Waals surface area contributed by atoms with Gasteiger partial charge in [0.05, 0.1) is 18.9 Å². The Labute approximate surface area is 215 Å². The van der Waals surface area contributed by atoms with Crippen molar-refractivity contribution in [3.05, 3.63) is 83.9 Å². The van der Waals surface area contributed by atoms with Crippen molar-refractivity contribution in [2.24, 2.45) is 0 Å². The van der Waals surface area contributed by atoms with Gasteiger partial charge in [-0.3, -0.25) is 9.59 Å². The van der Waals surface area contributed by atoms with E-state index in [-0.39, 0.29) is 17.6 Å². The number of morpholine rings is 1. The van der Waals surface area contributed by atoms with E-state index in [2.05, 4.69) is 15.7 Å². The van der Waals surface area contributed by atoms with Gasteiger partial charge in [0.1, 0.15) is 11.9 Å². The van der Waals surface area contributed by atoms with Crippen molar-refractivity contribution < 1.29 is 18.7 Å². The Hall–Kier alpha value is -3.56. The number of hydrogen-bond acceptors (Lipinski definition) is 5. The fourth-order valence-electron chi connectivity index (χ4n) is 4.78. The third-order valence-electron chi connectivity index (χ3n) is 6.99. The summed E-state index contributed by atoms with van der Waals surface area (Å²) in [5, 5.41) is 10.7. The minimum absolute atomic E-state index is 0.0691. The number of halogens is 1. The molecule has 37 heavy (non-hydrogen) atoms. The van der Waals surface area contributed by atoms with Gasteiger partial charge in [-0.15, -0.1) is 0 Å². The summed E-state index contributed by atoms with van der Waals surface area (Å²) in [5.74, 6) is -0.165. The van der Waals surface area contributed by atoms with Crippen LogP contribution in [0.15, 0.2) is 67.0 Å². The molecule has 0 radical (unpaired) electrons.